The fraction of sp³-hybridized carbons (Fsp3) is 0.625. The third-order valence-electron chi connectivity index (χ3n) is 4.15. The van der Waals surface area contributed by atoms with Crippen molar-refractivity contribution in [1.29, 1.82) is 0 Å². The Labute approximate surface area is 135 Å². The van der Waals surface area contributed by atoms with E-state index in [0.29, 0.717) is 12.3 Å². The molecular weight excluding hydrogens is 294 g/mol. The van der Waals surface area contributed by atoms with Crippen molar-refractivity contribution in [2.45, 2.75) is 51.6 Å². The molecule has 1 atom stereocenters. The number of amides is 1. The Morgan fingerprint density at radius 1 is 1.35 bits per heavy atom. The summed E-state index contributed by atoms with van der Waals surface area (Å²) in [6.45, 7) is 9.12. The molecule has 3 heterocycles. The first-order chi connectivity index (χ1) is 10.8. The molecule has 1 aliphatic heterocycles. The van der Waals surface area contributed by atoms with Gasteiger partial charge in [0.05, 0.1) is 5.69 Å². The van der Waals surface area contributed by atoms with Gasteiger partial charge in [-0.25, -0.2) is 14.3 Å². The lowest BCUT2D eigenvalue weighted by atomic mass is 9.79. The molecular formula is C16H23N5O2. The zero-order valence-corrected chi connectivity index (χ0v) is 14.1. The van der Waals surface area contributed by atoms with Crippen LogP contribution in [0.15, 0.2) is 18.6 Å². The van der Waals surface area contributed by atoms with Crippen molar-refractivity contribution in [3.05, 3.63) is 24.3 Å². The van der Waals surface area contributed by atoms with Crippen LogP contribution in [0.5, 0.6) is 0 Å². The minimum Gasteiger partial charge on any atom is -0.444 e. The average molecular weight is 317 g/mol. The van der Waals surface area contributed by atoms with Crippen LogP contribution in [0.1, 0.15) is 46.2 Å². The molecule has 0 aliphatic carbocycles. The lowest BCUT2D eigenvalue weighted by Crippen LogP contribution is -2.49. The molecule has 3 rings (SSSR count). The Morgan fingerprint density at radius 3 is 2.87 bits per heavy atom. The molecule has 7 heteroatoms. The van der Waals surface area contributed by atoms with Crippen LogP contribution >= 0.6 is 0 Å². The Morgan fingerprint density at radius 2 is 2.13 bits per heavy atom. The summed E-state index contributed by atoms with van der Waals surface area (Å²) >= 11 is 0. The second-order valence-electron chi connectivity index (χ2n) is 7.37. The summed E-state index contributed by atoms with van der Waals surface area (Å²) in [5.41, 5.74) is 0.332. The Hall–Kier alpha value is -2.18. The van der Waals surface area contributed by atoms with Gasteiger partial charge in [0.1, 0.15) is 11.9 Å². The predicted octanol–water partition coefficient (Wildman–Crippen LogP) is 2.41. The second-order valence-corrected chi connectivity index (χ2v) is 7.37. The monoisotopic (exact) mass is 317 g/mol. The minimum absolute atomic E-state index is 0.204. The number of carbonyl (C=O) groups is 1. The van der Waals surface area contributed by atoms with Gasteiger partial charge in [-0.2, -0.15) is 10.1 Å². The zero-order valence-electron chi connectivity index (χ0n) is 14.1. The molecule has 0 spiro atoms. The second kappa shape index (κ2) is 5.47. The molecule has 1 amide bonds. The maximum Gasteiger partial charge on any atom is 0.410 e. The van der Waals surface area contributed by atoms with Crippen molar-refractivity contribution >= 4 is 11.9 Å². The van der Waals surface area contributed by atoms with Crippen LogP contribution in [0.3, 0.4) is 0 Å². The number of rotatable bonds is 1. The SMILES string of the molecule is CC(C)(C)OC(=O)N1CCCC(C)(c2ccnc3ncnn23)C1. The fourth-order valence-electron chi connectivity index (χ4n) is 3.13. The molecule has 0 saturated carbocycles. The molecule has 0 N–H and O–H groups in total. The topological polar surface area (TPSA) is 72.6 Å². The van der Waals surface area contributed by atoms with E-state index in [9.17, 15) is 4.79 Å². The van der Waals surface area contributed by atoms with Crippen LogP contribution in [0, 0.1) is 0 Å². The summed E-state index contributed by atoms with van der Waals surface area (Å²) in [5.74, 6) is 0.582. The van der Waals surface area contributed by atoms with E-state index in [-0.39, 0.29) is 11.5 Å². The van der Waals surface area contributed by atoms with Crippen molar-refractivity contribution in [1.82, 2.24) is 24.5 Å². The smallest absolute Gasteiger partial charge is 0.410 e. The first-order valence-corrected chi connectivity index (χ1v) is 7.92. The Bertz CT molecular complexity index is 721. The molecule has 7 nitrogen and oxygen atoms in total. The highest BCUT2D eigenvalue weighted by atomic mass is 16.6. The molecule has 23 heavy (non-hydrogen) atoms. The predicted molar refractivity (Wildman–Crippen MR) is 85.2 cm³/mol. The molecule has 2 aromatic rings. The lowest BCUT2D eigenvalue weighted by molar-refractivity contribution is 0.0142. The van der Waals surface area contributed by atoms with Gasteiger partial charge in [0, 0.05) is 24.7 Å². The molecule has 1 saturated heterocycles. The van der Waals surface area contributed by atoms with Crippen molar-refractivity contribution < 1.29 is 9.53 Å². The van der Waals surface area contributed by atoms with Gasteiger partial charge >= 0.3 is 6.09 Å². The van der Waals surface area contributed by atoms with E-state index in [2.05, 4.69) is 22.0 Å². The van der Waals surface area contributed by atoms with E-state index < -0.39 is 5.60 Å². The molecule has 1 aliphatic rings. The number of fused-ring (bicyclic) bond motifs is 1. The Balaban J connectivity index is 1.87. The van der Waals surface area contributed by atoms with Gasteiger partial charge in [-0.05, 0) is 39.7 Å². The van der Waals surface area contributed by atoms with Gasteiger partial charge in [-0.3, -0.25) is 0 Å². The van der Waals surface area contributed by atoms with Crippen LogP contribution in [0.4, 0.5) is 4.79 Å². The highest BCUT2D eigenvalue weighted by Gasteiger charge is 2.38. The normalized spacial score (nSPS) is 22.3. The van der Waals surface area contributed by atoms with Gasteiger partial charge < -0.3 is 9.64 Å². The van der Waals surface area contributed by atoms with E-state index in [1.807, 2.05) is 26.8 Å². The van der Waals surface area contributed by atoms with Crippen LogP contribution in [-0.4, -0.2) is 49.3 Å². The van der Waals surface area contributed by atoms with E-state index in [0.717, 1.165) is 25.1 Å². The lowest BCUT2D eigenvalue weighted by Gasteiger charge is -2.40. The molecule has 1 fully saturated rings. The highest BCUT2D eigenvalue weighted by molar-refractivity contribution is 5.68. The number of aromatic nitrogens is 4. The van der Waals surface area contributed by atoms with Crippen molar-refractivity contribution in [3.63, 3.8) is 0 Å². The van der Waals surface area contributed by atoms with Gasteiger partial charge in [-0.15, -0.1) is 0 Å². The number of hydrogen-bond acceptors (Lipinski definition) is 5. The molecule has 0 bridgehead atoms. The highest BCUT2D eigenvalue weighted by Crippen LogP contribution is 2.33. The molecule has 0 aromatic carbocycles. The van der Waals surface area contributed by atoms with Crippen molar-refractivity contribution in [2.24, 2.45) is 0 Å². The first-order valence-electron chi connectivity index (χ1n) is 7.92. The summed E-state index contributed by atoms with van der Waals surface area (Å²) < 4.78 is 7.28. The number of piperidine rings is 1. The van der Waals surface area contributed by atoms with E-state index in [1.54, 1.807) is 15.6 Å². The fourth-order valence-corrected chi connectivity index (χ4v) is 3.13. The third-order valence-corrected chi connectivity index (χ3v) is 4.15. The van der Waals surface area contributed by atoms with Crippen molar-refractivity contribution in [2.75, 3.05) is 13.1 Å². The van der Waals surface area contributed by atoms with Gasteiger partial charge in [-0.1, -0.05) is 6.92 Å². The molecule has 2 aromatic heterocycles. The summed E-state index contributed by atoms with van der Waals surface area (Å²) in [6, 6.07) is 1.96. The molecule has 0 radical (unpaired) electrons. The number of likely N-dealkylation sites (tertiary alicyclic amines) is 1. The Kier molecular flexibility index (Phi) is 3.74. The largest absolute Gasteiger partial charge is 0.444 e. The standard InChI is InChI=1S/C16H23N5O2/c1-15(2,3)23-14(22)20-9-5-7-16(4,10-20)12-6-8-17-13-18-11-19-21(12)13/h6,8,11H,5,7,9-10H2,1-4H3. The zero-order chi connectivity index (χ0) is 16.7. The molecule has 124 valence electrons. The van der Waals surface area contributed by atoms with Gasteiger partial charge in [0.15, 0.2) is 0 Å². The number of hydrogen-bond donors (Lipinski definition) is 0. The van der Waals surface area contributed by atoms with Crippen molar-refractivity contribution in [3.8, 4) is 0 Å². The summed E-state index contributed by atoms with van der Waals surface area (Å²) in [4.78, 5) is 22.6. The maximum absolute atomic E-state index is 12.4. The molecule has 1 unspecified atom stereocenters. The summed E-state index contributed by atoms with van der Waals surface area (Å²) in [7, 11) is 0. The minimum atomic E-state index is -0.485. The van der Waals surface area contributed by atoms with Crippen LogP contribution in [-0.2, 0) is 10.2 Å². The van der Waals surface area contributed by atoms with Crippen LogP contribution in [0.25, 0.3) is 5.78 Å². The quantitative estimate of drug-likeness (QED) is 0.807. The summed E-state index contributed by atoms with van der Waals surface area (Å²) in [5, 5.41) is 4.28. The average Bonchev–Trinajstić information content (AvgIpc) is 2.93. The van der Waals surface area contributed by atoms with Crippen LogP contribution < -0.4 is 0 Å². The maximum atomic E-state index is 12.4. The first kappa shape index (κ1) is 15.7. The van der Waals surface area contributed by atoms with E-state index >= 15 is 0 Å². The van der Waals surface area contributed by atoms with Crippen LogP contribution in [0.2, 0.25) is 0 Å². The van der Waals surface area contributed by atoms with E-state index in [4.69, 9.17) is 4.74 Å². The summed E-state index contributed by atoms with van der Waals surface area (Å²) in [6.07, 6.45) is 4.90. The number of carbonyl (C=O) groups excluding carboxylic acids is 1. The third kappa shape index (κ3) is 3.13. The van der Waals surface area contributed by atoms with Gasteiger partial charge in [0.2, 0.25) is 0 Å². The van der Waals surface area contributed by atoms with E-state index in [1.165, 1.54) is 6.33 Å². The number of ether oxygens (including phenoxy) is 1. The van der Waals surface area contributed by atoms with Gasteiger partial charge in [0.25, 0.3) is 5.78 Å². The number of nitrogens with zero attached hydrogens (tertiary/aromatic N) is 5.